The van der Waals surface area contributed by atoms with E-state index in [1.807, 2.05) is 11.4 Å². The van der Waals surface area contributed by atoms with Crippen LogP contribution in [0, 0.1) is 0 Å². The fraction of sp³-hybridized carbons (Fsp3) is 0.400. The zero-order valence-electron chi connectivity index (χ0n) is 9.10. The molecule has 0 aliphatic carbocycles. The fourth-order valence-electron chi connectivity index (χ4n) is 1.14. The molecule has 1 rings (SSSR count). The summed E-state index contributed by atoms with van der Waals surface area (Å²) in [5.74, 6) is -0.882. The normalized spacial score (nSPS) is 13.9. The molecule has 88 valence electrons. The number of nitrogens with one attached hydrogen (secondary N) is 1. The Balaban J connectivity index is 2.56. The molecule has 0 aromatic carbocycles. The molecule has 1 unspecified atom stereocenters. The van der Waals surface area contributed by atoms with E-state index in [2.05, 4.69) is 10.1 Å². The van der Waals surface area contributed by atoms with Crippen molar-refractivity contribution < 1.29 is 14.3 Å². The second-order valence-electron chi connectivity index (χ2n) is 3.25. The summed E-state index contributed by atoms with van der Waals surface area (Å²) in [6.07, 6.45) is 0. The molecular formula is C10H14N2O3S. The van der Waals surface area contributed by atoms with Gasteiger partial charge in [-0.2, -0.15) is 0 Å². The minimum absolute atomic E-state index is 0.389. The van der Waals surface area contributed by atoms with Crippen LogP contribution >= 0.6 is 11.3 Å². The standard InChI is InChI=1S/C10H14N2O3S/c1-6(10(14)15-2)12-9(13)8(11)7-4-3-5-16-7/h3-6,8H,11H2,1-2H3,(H,12,13)/t6-,8?/m0/s1. The summed E-state index contributed by atoms with van der Waals surface area (Å²) in [7, 11) is 1.27. The summed E-state index contributed by atoms with van der Waals surface area (Å²) in [5, 5.41) is 4.33. The Labute approximate surface area is 97.6 Å². The third kappa shape index (κ3) is 3.04. The van der Waals surface area contributed by atoms with Crippen LogP contribution in [-0.4, -0.2) is 25.0 Å². The second-order valence-corrected chi connectivity index (χ2v) is 4.23. The van der Waals surface area contributed by atoms with Crippen LogP contribution in [0.5, 0.6) is 0 Å². The van der Waals surface area contributed by atoms with Crippen LogP contribution in [0.1, 0.15) is 17.8 Å². The van der Waals surface area contributed by atoms with Crippen LogP contribution in [0.4, 0.5) is 0 Å². The average Bonchev–Trinajstić information content (AvgIpc) is 2.79. The minimum Gasteiger partial charge on any atom is -0.467 e. The maximum Gasteiger partial charge on any atom is 0.328 e. The van der Waals surface area contributed by atoms with Gasteiger partial charge in [-0.25, -0.2) is 4.79 Å². The molecule has 5 nitrogen and oxygen atoms in total. The molecule has 0 spiro atoms. The van der Waals surface area contributed by atoms with Crippen molar-refractivity contribution in [1.82, 2.24) is 5.32 Å². The zero-order valence-corrected chi connectivity index (χ0v) is 9.91. The van der Waals surface area contributed by atoms with Gasteiger partial charge >= 0.3 is 5.97 Å². The summed E-state index contributed by atoms with van der Waals surface area (Å²) < 4.78 is 4.49. The van der Waals surface area contributed by atoms with Crippen molar-refractivity contribution in [3.63, 3.8) is 0 Å². The molecule has 1 aromatic heterocycles. The number of thiophene rings is 1. The van der Waals surface area contributed by atoms with Gasteiger partial charge in [-0.05, 0) is 18.4 Å². The number of nitrogens with two attached hydrogens (primary N) is 1. The second kappa shape index (κ2) is 5.62. The van der Waals surface area contributed by atoms with Gasteiger partial charge < -0.3 is 15.8 Å². The summed E-state index contributed by atoms with van der Waals surface area (Å²) in [5.41, 5.74) is 5.72. The molecular weight excluding hydrogens is 228 g/mol. The van der Waals surface area contributed by atoms with Gasteiger partial charge in [-0.15, -0.1) is 11.3 Å². The molecule has 1 amide bonds. The van der Waals surface area contributed by atoms with Gasteiger partial charge in [0.1, 0.15) is 12.1 Å². The van der Waals surface area contributed by atoms with E-state index >= 15 is 0 Å². The fourth-order valence-corrected chi connectivity index (χ4v) is 1.86. The summed E-state index contributed by atoms with van der Waals surface area (Å²) >= 11 is 1.40. The highest BCUT2D eigenvalue weighted by Gasteiger charge is 2.21. The number of rotatable bonds is 4. The predicted octanol–water partition coefficient (Wildman–Crippen LogP) is 0.426. The Morgan fingerprint density at radius 1 is 1.56 bits per heavy atom. The van der Waals surface area contributed by atoms with Gasteiger partial charge in [-0.1, -0.05) is 6.07 Å². The first-order chi connectivity index (χ1) is 7.56. The van der Waals surface area contributed by atoms with Crippen molar-refractivity contribution in [1.29, 1.82) is 0 Å². The molecule has 1 aromatic rings. The first-order valence-electron chi connectivity index (χ1n) is 4.73. The molecule has 0 bridgehead atoms. The van der Waals surface area contributed by atoms with E-state index in [1.54, 1.807) is 13.0 Å². The summed E-state index contributed by atoms with van der Waals surface area (Å²) in [4.78, 5) is 23.5. The SMILES string of the molecule is COC(=O)[C@H](C)NC(=O)C(N)c1cccs1. The number of hydrogen-bond acceptors (Lipinski definition) is 5. The van der Waals surface area contributed by atoms with Crippen LogP contribution in [0.15, 0.2) is 17.5 Å². The van der Waals surface area contributed by atoms with Crippen LogP contribution < -0.4 is 11.1 Å². The maximum absolute atomic E-state index is 11.6. The van der Waals surface area contributed by atoms with Crippen molar-refractivity contribution >= 4 is 23.2 Å². The molecule has 0 aliphatic heterocycles. The number of hydrogen-bond donors (Lipinski definition) is 2. The smallest absolute Gasteiger partial charge is 0.328 e. The lowest BCUT2D eigenvalue weighted by atomic mass is 10.2. The van der Waals surface area contributed by atoms with E-state index in [4.69, 9.17) is 5.73 Å². The maximum atomic E-state index is 11.6. The number of methoxy groups -OCH3 is 1. The monoisotopic (exact) mass is 242 g/mol. The summed E-state index contributed by atoms with van der Waals surface area (Å²) in [6.45, 7) is 1.55. The molecule has 1 heterocycles. The molecule has 6 heteroatoms. The van der Waals surface area contributed by atoms with Gasteiger partial charge in [-0.3, -0.25) is 4.79 Å². The molecule has 2 atom stereocenters. The van der Waals surface area contributed by atoms with Gasteiger partial charge in [0.15, 0.2) is 0 Å². The van der Waals surface area contributed by atoms with E-state index < -0.39 is 18.1 Å². The number of carbonyl (C=O) groups is 2. The Bertz CT molecular complexity index is 364. The van der Waals surface area contributed by atoms with Crippen molar-refractivity contribution in [3.8, 4) is 0 Å². The van der Waals surface area contributed by atoms with E-state index in [9.17, 15) is 9.59 Å². The van der Waals surface area contributed by atoms with Gasteiger partial charge in [0, 0.05) is 4.88 Å². The lowest BCUT2D eigenvalue weighted by molar-refractivity contribution is -0.144. The van der Waals surface area contributed by atoms with Crippen molar-refractivity contribution in [2.45, 2.75) is 19.0 Å². The van der Waals surface area contributed by atoms with Crippen LogP contribution in [0.25, 0.3) is 0 Å². The number of ether oxygens (including phenoxy) is 1. The Hall–Kier alpha value is -1.40. The van der Waals surface area contributed by atoms with Crippen LogP contribution in [0.2, 0.25) is 0 Å². The zero-order chi connectivity index (χ0) is 12.1. The van der Waals surface area contributed by atoms with Gasteiger partial charge in [0.05, 0.1) is 7.11 Å². The van der Waals surface area contributed by atoms with E-state index in [0.717, 1.165) is 4.88 Å². The lowest BCUT2D eigenvalue weighted by Gasteiger charge is -2.14. The molecule has 0 saturated carbocycles. The van der Waals surface area contributed by atoms with Crippen LogP contribution in [0.3, 0.4) is 0 Å². The predicted molar refractivity (Wildman–Crippen MR) is 60.9 cm³/mol. The molecule has 16 heavy (non-hydrogen) atoms. The Morgan fingerprint density at radius 3 is 2.75 bits per heavy atom. The van der Waals surface area contributed by atoms with Crippen molar-refractivity contribution in [3.05, 3.63) is 22.4 Å². The van der Waals surface area contributed by atoms with Gasteiger partial charge in [0.2, 0.25) is 5.91 Å². The third-order valence-electron chi connectivity index (χ3n) is 2.05. The lowest BCUT2D eigenvalue weighted by Crippen LogP contribution is -2.43. The van der Waals surface area contributed by atoms with E-state index in [-0.39, 0.29) is 5.91 Å². The van der Waals surface area contributed by atoms with Crippen molar-refractivity contribution in [2.75, 3.05) is 7.11 Å². The van der Waals surface area contributed by atoms with Crippen molar-refractivity contribution in [2.24, 2.45) is 5.73 Å². The largest absolute Gasteiger partial charge is 0.467 e. The quantitative estimate of drug-likeness (QED) is 0.750. The molecule has 0 saturated heterocycles. The van der Waals surface area contributed by atoms with Crippen LogP contribution in [-0.2, 0) is 14.3 Å². The summed E-state index contributed by atoms with van der Waals surface area (Å²) in [6, 6.07) is 2.16. The number of esters is 1. The van der Waals surface area contributed by atoms with Gasteiger partial charge in [0.25, 0.3) is 0 Å². The molecule has 0 aliphatic rings. The minimum atomic E-state index is -0.743. The first kappa shape index (κ1) is 12.7. The third-order valence-corrected chi connectivity index (χ3v) is 3.00. The molecule has 3 N–H and O–H groups in total. The number of carbonyl (C=O) groups excluding carboxylic acids is 2. The Morgan fingerprint density at radius 2 is 2.25 bits per heavy atom. The number of amides is 1. The Kier molecular flexibility index (Phi) is 4.45. The van der Waals surface area contributed by atoms with E-state index in [0.29, 0.717) is 0 Å². The molecule has 0 fully saturated rings. The topological polar surface area (TPSA) is 81.4 Å². The highest BCUT2D eigenvalue weighted by Crippen LogP contribution is 2.16. The highest BCUT2D eigenvalue weighted by atomic mass is 32.1. The highest BCUT2D eigenvalue weighted by molar-refractivity contribution is 7.10. The van der Waals surface area contributed by atoms with E-state index in [1.165, 1.54) is 18.4 Å². The molecule has 0 radical (unpaired) electrons. The first-order valence-corrected chi connectivity index (χ1v) is 5.61. The average molecular weight is 242 g/mol.